The van der Waals surface area contributed by atoms with Crippen molar-refractivity contribution in [2.75, 3.05) is 0 Å². The molecule has 0 amide bonds. The Balaban J connectivity index is 1.29. The van der Waals surface area contributed by atoms with Crippen LogP contribution in [0, 0.1) is 17.1 Å². The van der Waals surface area contributed by atoms with Gasteiger partial charge in [0, 0.05) is 41.7 Å². The summed E-state index contributed by atoms with van der Waals surface area (Å²) in [6, 6.07) is 19.3. The number of nitriles is 1. The summed E-state index contributed by atoms with van der Waals surface area (Å²) in [4.78, 5) is 4.12. The molecule has 0 fully saturated rings. The molecule has 2 aromatic heterocycles. The van der Waals surface area contributed by atoms with Gasteiger partial charge in [0.25, 0.3) is 0 Å². The number of aliphatic hydroxyl groups excluding tert-OH is 1. The van der Waals surface area contributed by atoms with Gasteiger partial charge in [0.1, 0.15) is 36.1 Å². The van der Waals surface area contributed by atoms with E-state index in [2.05, 4.69) is 37.0 Å². The number of hydrogen-bond donors (Lipinski definition) is 3. The summed E-state index contributed by atoms with van der Waals surface area (Å²) in [6.45, 7) is 2.01. The molecular weight excluding hydrogens is 597 g/mol. The number of H-pyrrole nitrogens is 1. The van der Waals surface area contributed by atoms with Gasteiger partial charge in [-0.25, -0.2) is 4.39 Å². The standard InChI is InChI=1S/C33H29ClFN7O3/c1-19(43)32(33-39-41-42-40-33)38-17-22-12-27(34)31(13-30(22)44-18-21-11-20(14-36)15-37-16-21)45-29-10-9-24-23(6-4-7-26(24)29)25-5-2-3-8-28(25)35/h2-8,11-13,15-16,19,29,32,38,43H,9-10,17-18H2,1H3,(H,39,40,41,42)/t19?,29-,32?/m0/s1. The Hall–Kier alpha value is -4.89. The molecule has 2 unspecified atom stereocenters. The van der Waals surface area contributed by atoms with Gasteiger partial charge < -0.3 is 19.9 Å². The first kappa shape index (κ1) is 30.1. The van der Waals surface area contributed by atoms with Crippen molar-refractivity contribution in [3.05, 3.63) is 118 Å². The lowest BCUT2D eigenvalue weighted by Crippen LogP contribution is -2.31. The number of nitrogens with zero attached hydrogens (tertiary/aromatic N) is 5. The lowest BCUT2D eigenvalue weighted by atomic mass is 9.96. The van der Waals surface area contributed by atoms with E-state index in [0.29, 0.717) is 51.0 Å². The van der Waals surface area contributed by atoms with E-state index < -0.39 is 12.1 Å². The molecule has 12 heteroatoms. The average Bonchev–Trinajstić information content (AvgIpc) is 3.73. The van der Waals surface area contributed by atoms with Crippen LogP contribution in [0.3, 0.4) is 0 Å². The van der Waals surface area contributed by atoms with Gasteiger partial charge in [-0.2, -0.15) is 10.5 Å². The first-order chi connectivity index (χ1) is 21.9. The number of aliphatic hydroxyl groups is 1. The molecule has 0 radical (unpaired) electrons. The van der Waals surface area contributed by atoms with Crippen LogP contribution >= 0.6 is 11.6 Å². The van der Waals surface area contributed by atoms with E-state index in [1.807, 2.05) is 24.3 Å². The zero-order chi connectivity index (χ0) is 31.3. The minimum atomic E-state index is -0.818. The summed E-state index contributed by atoms with van der Waals surface area (Å²) in [5, 5.41) is 37.3. The summed E-state index contributed by atoms with van der Waals surface area (Å²) in [5.41, 5.74) is 5.29. The van der Waals surface area contributed by atoms with Crippen molar-refractivity contribution < 1.29 is 19.0 Å². The highest BCUT2D eigenvalue weighted by atomic mass is 35.5. The van der Waals surface area contributed by atoms with Crippen LogP contribution in [-0.2, 0) is 19.6 Å². The van der Waals surface area contributed by atoms with Crippen LogP contribution < -0.4 is 14.8 Å². The number of fused-ring (bicyclic) bond motifs is 1. The maximum atomic E-state index is 14.7. The minimum Gasteiger partial charge on any atom is -0.488 e. The molecule has 3 atom stereocenters. The number of pyridine rings is 1. The van der Waals surface area contributed by atoms with E-state index in [1.54, 1.807) is 43.5 Å². The quantitative estimate of drug-likeness (QED) is 0.166. The Morgan fingerprint density at radius 3 is 2.76 bits per heavy atom. The molecule has 1 aliphatic rings. The van der Waals surface area contributed by atoms with Gasteiger partial charge in [0.05, 0.1) is 22.7 Å². The number of nitrogens with one attached hydrogen (secondary N) is 2. The van der Waals surface area contributed by atoms with Gasteiger partial charge >= 0.3 is 0 Å². The van der Waals surface area contributed by atoms with E-state index in [-0.39, 0.29) is 25.1 Å². The van der Waals surface area contributed by atoms with Crippen LogP contribution in [0.4, 0.5) is 4.39 Å². The normalized spacial score (nSPS) is 15.2. The van der Waals surface area contributed by atoms with E-state index in [4.69, 9.17) is 21.1 Å². The molecule has 0 spiro atoms. The van der Waals surface area contributed by atoms with Crippen molar-refractivity contribution >= 4 is 11.6 Å². The lowest BCUT2D eigenvalue weighted by Gasteiger charge is -2.22. The fraction of sp³-hybridized carbons (Fsp3) is 0.242. The van der Waals surface area contributed by atoms with Crippen LogP contribution in [0.1, 0.15) is 59.1 Å². The van der Waals surface area contributed by atoms with Crippen LogP contribution in [0.5, 0.6) is 11.5 Å². The highest BCUT2D eigenvalue weighted by Gasteiger charge is 2.28. The molecule has 0 saturated heterocycles. The molecule has 2 heterocycles. The van der Waals surface area contributed by atoms with Crippen molar-refractivity contribution in [1.29, 1.82) is 5.26 Å². The second kappa shape index (κ2) is 13.4. The third kappa shape index (κ3) is 6.63. The van der Waals surface area contributed by atoms with Crippen LogP contribution in [0.25, 0.3) is 11.1 Å². The third-order valence-corrected chi connectivity index (χ3v) is 8.01. The monoisotopic (exact) mass is 625 g/mol. The summed E-state index contributed by atoms with van der Waals surface area (Å²) in [7, 11) is 0. The highest BCUT2D eigenvalue weighted by Crippen LogP contribution is 2.43. The SMILES string of the molecule is CC(O)C(NCc1cc(Cl)c(O[C@H]2CCc3c(-c4ccccc4F)cccc32)cc1OCc1cncc(C#N)c1)c1nn[nH]n1. The van der Waals surface area contributed by atoms with E-state index >= 15 is 0 Å². The number of aromatic amines is 1. The molecular formula is C33H29ClFN7O3. The fourth-order valence-electron chi connectivity index (χ4n) is 5.55. The van der Waals surface area contributed by atoms with Gasteiger partial charge in [0.15, 0.2) is 5.82 Å². The van der Waals surface area contributed by atoms with Gasteiger partial charge in [-0.3, -0.25) is 4.98 Å². The molecule has 6 rings (SSSR count). The molecule has 3 N–H and O–H groups in total. The van der Waals surface area contributed by atoms with Gasteiger partial charge in [-0.05, 0) is 54.7 Å². The van der Waals surface area contributed by atoms with E-state index in [1.165, 1.54) is 12.3 Å². The molecule has 0 aliphatic heterocycles. The largest absolute Gasteiger partial charge is 0.488 e. The molecule has 3 aromatic carbocycles. The fourth-order valence-corrected chi connectivity index (χ4v) is 5.78. The number of aromatic nitrogens is 5. The Bertz CT molecular complexity index is 1850. The molecule has 45 heavy (non-hydrogen) atoms. The zero-order valence-electron chi connectivity index (χ0n) is 24.2. The van der Waals surface area contributed by atoms with Gasteiger partial charge in [0.2, 0.25) is 0 Å². The molecule has 0 saturated carbocycles. The maximum Gasteiger partial charge on any atom is 0.194 e. The molecule has 5 aromatic rings. The number of ether oxygens (including phenoxy) is 2. The zero-order valence-corrected chi connectivity index (χ0v) is 25.0. The molecule has 1 aliphatic carbocycles. The average molecular weight is 626 g/mol. The summed E-state index contributed by atoms with van der Waals surface area (Å²) < 4.78 is 27.4. The van der Waals surface area contributed by atoms with Crippen LogP contribution in [0.2, 0.25) is 5.02 Å². The van der Waals surface area contributed by atoms with Gasteiger partial charge in [-0.15, -0.1) is 10.2 Å². The van der Waals surface area contributed by atoms with Crippen molar-refractivity contribution in [3.63, 3.8) is 0 Å². The molecule has 10 nitrogen and oxygen atoms in total. The predicted molar refractivity (Wildman–Crippen MR) is 164 cm³/mol. The number of rotatable bonds is 11. The smallest absolute Gasteiger partial charge is 0.194 e. The molecule has 228 valence electrons. The second-order valence-corrected chi connectivity index (χ2v) is 11.1. The van der Waals surface area contributed by atoms with Crippen molar-refractivity contribution in [2.45, 2.75) is 51.2 Å². The van der Waals surface area contributed by atoms with Gasteiger partial charge in [-0.1, -0.05) is 53.2 Å². The van der Waals surface area contributed by atoms with E-state index in [0.717, 1.165) is 23.1 Å². The van der Waals surface area contributed by atoms with Crippen molar-refractivity contribution in [3.8, 4) is 28.7 Å². The third-order valence-electron chi connectivity index (χ3n) is 7.72. The Morgan fingerprint density at radius 1 is 1.13 bits per heavy atom. The van der Waals surface area contributed by atoms with Crippen LogP contribution in [0.15, 0.2) is 73.1 Å². The second-order valence-electron chi connectivity index (χ2n) is 10.7. The Morgan fingerprint density at radius 2 is 1.98 bits per heavy atom. The summed E-state index contributed by atoms with van der Waals surface area (Å²) >= 11 is 6.80. The summed E-state index contributed by atoms with van der Waals surface area (Å²) in [6.07, 6.45) is 3.43. The maximum absolute atomic E-state index is 14.7. The van der Waals surface area contributed by atoms with E-state index in [9.17, 15) is 14.8 Å². The highest BCUT2D eigenvalue weighted by molar-refractivity contribution is 6.32. The first-order valence-electron chi connectivity index (χ1n) is 14.4. The van der Waals surface area contributed by atoms with Crippen LogP contribution in [-0.4, -0.2) is 36.8 Å². The van der Waals surface area contributed by atoms with Crippen molar-refractivity contribution in [2.24, 2.45) is 0 Å². The first-order valence-corrected chi connectivity index (χ1v) is 14.8. The number of hydrogen-bond acceptors (Lipinski definition) is 9. The Labute approximate surface area is 263 Å². The molecule has 0 bridgehead atoms. The number of halogens is 2. The Kier molecular flexibility index (Phi) is 8.98. The topological polar surface area (TPSA) is 142 Å². The lowest BCUT2D eigenvalue weighted by molar-refractivity contribution is 0.140. The minimum absolute atomic E-state index is 0.138. The predicted octanol–water partition coefficient (Wildman–Crippen LogP) is 5.78. The number of benzene rings is 3. The number of tetrazole rings is 1. The van der Waals surface area contributed by atoms with Crippen molar-refractivity contribution in [1.82, 2.24) is 30.9 Å². The summed E-state index contributed by atoms with van der Waals surface area (Å²) in [5.74, 6) is 0.961.